The number of methoxy groups -OCH3 is 1. The van der Waals surface area contributed by atoms with E-state index in [2.05, 4.69) is 28.8 Å². The predicted molar refractivity (Wildman–Crippen MR) is 148 cm³/mol. The molecular formula is C31H32N4O4. The van der Waals surface area contributed by atoms with Crippen molar-refractivity contribution in [2.75, 3.05) is 25.5 Å². The Bertz CT molecular complexity index is 1330. The van der Waals surface area contributed by atoms with E-state index in [0.717, 1.165) is 18.5 Å². The summed E-state index contributed by atoms with van der Waals surface area (Å²) in [6, 6.07) is 26.1. The van der Waals surface area contributed by atoms with Gasteiger partial charge in [-0.25, -0.2) is 0 Å². The molecule has 0 aromatic heterocycles. The van der Waals surface area contributed by atoms with Gasteiger partial charge in [0.05, 0.1) is 42.3 Å². The van der Waals surface area contributed by atoms with Crippen LogP contribution in [0.1, 0.15) is 40.7 Å². The number of ether oxygens (including phenoxy) is 1. The number of esters is 1. The Morgan fingerprint density at radius 1 is 1.03 bits per heavy atom. The van der Waals surface area contributed by atoms with Crippen LogP contribution in [0.25, 0.3) is 0 Å². The summed E-state index contributed by atoms with van der Waals surface area (Å²) in [7, 11) is 1.32. The lowest BCUT2D eigenvalue weighted by atomic mass is 10.0. The van der Waals surface area contributed by atoms with Crippen molar-refractivity contribution in [1.29, 1.82) is 5.26 Å². The fraction of sp³-hybridized carbons (Fsp3) is 0.290. The summed E-state index contributed by atoms with van der Waals surface area (Å²) >= 11 is 0. The first-order valence-electron chi connectivity index (χ1n) is 13.0. The molecule has 1 saturated heterocycles. The van der Waals surface area contributed by atoms with Gasteiger partial charge >= 0.3 is 5.97 Å². The zero-order valence-corrected chi connectivity index (χ0v) is 21.9. The van der Waals surface area contributed by atoms with E-state index in [1.54, 1.807) is 41.3 Å². The summed E-state index contributed by atoms with van der Waals surface area (Å²) in [5, 5.41) is 15.3. The number of rotatable bonds is 11. The largest absolute Gasteiger partial charge is 0.469 e. The Morgan fingerprint density at radius 3 is 2.46 bits per heavy atom. The summed E-state index contributed by atoms with van der Waals surface area (Å²) in [6.45, 7) is 0.821. The van der Waals surface area contributed by atoms with Gasteiger partial charge < -0.3 is 20.3 Å². The molecule has 8 heteroatoms. The molecule has 8 nitrogen and oxygen atoms in total. The molecule has 2 atom stereocenters. The first kappa shape index (κ1) is 27.4. The molecule has 2 amide bonds. The van der Waals surface area contributed by atoms with Crippen LogP contribution in [0, 0.1) is 17.2 Å². The number of anilines is 2. The highest BCUT2D eigenvalue weighted by atomic mass is 16.5. The van der Waals surface area contributed by atoms with Gasteiger partial charge in [-0.1, -0.05) is 42.5 Å². The molecule has 0 radical (unpaired) electrons. The summed E-state index contributed by atoms with van der Waals surface area (Å²) in [6.07, 6.45) is 2.12. The number of amides is 2. The minimum atomic E-state index is -0.457. The average Bonchev–Trinajstić information content (AvgIpc) is 3.26. The number of benzene rings is 3. The molecule has 200 valence electrons. The maximum absolute atomic E-state index is 13.2. The maximum atomic E-state index is 13.2. The van der Waals surface area contributed by atoms with E-state index >= 15 is 0 Å². The van der Waals surface area contributed by atoms with E-state index in [4.69, 9.17) is 10.00 Å². The third kappa shape index (κ3) is 7.23. The van der Waals surface area contributed by atoms with Crippen LogP contribution < -0.4 is 10.6 Å². The molecule has 0 aliphatic carbocycles. The van der Waals surface area contributed by atoms with Gasteiger partial charge in [0.25, 0.3) is 5.91 Å². The lowest BCUT2D eigenvalue weighted by Crippen LogP contribution is -2.42. The van der Waals surface area contributed by atoms with Crippen LogP contribution >= 0.6 is 0 Å². The number of carbonyl (C=O) groups excluding carboxylic acids is 3. The Labute approximate surface area is 228 Å². The molecule has 39 heavy (non-hydrogen) atoms. The lowest BCUT2D eigenvalue weighted by molar-refractivity contribution is -0.144. The minimum Gasteiger partial charge on any atom is -0.469 e. The van der Waals surface area contributed by atoms with Gasteiger partial charge in [-0.15, -0.1) is 0 Å². The zero-order chi connectivity index (χ0) is 27.6. The number of hydrogen-bond donors (Lipinski definition) is 2. The van der Waals surface area contributed by atoms with Crippen LogP contribution in [0.3, 0.4) is 0 Å². The number of likely N-dealkylation sites (tertiary alicyclic amines) is 1. The van der Waals surface area contributed by atoms with Crippen molar-refractivity contribution in [3.8, 4) is 6.07 Å². The molecule has 0 bridgehead atoms. The molecule has 1 fully saturated rings. The second-order valence-corrected chi connectivity index (χ2v) is 9.56. The number of aryl methyl sites for hydroxylation is 1. The molecule has 4 rings (SSSR count). The molecule has 1 aliphatic heterocycles. The van der Waals surface area contributed by atoms with Crippen molar-refractivity contribution < 1.29 is 19.1 Å². The molecule has 2 N–H and O–H groups in total. The molecule has 1 aliphatic rings. The monoisotopic (exact) mass is 524 g/mol. The molecule has 0 spiro atoms. The van der Waals surface area contributed by atoms with Crippen molar-refractivity contribution >= 4 is 29.2 Å². The van der Waals surface area contributed by atoms with Gasteiger partial charge in [0.15, 0.2) is 0 Å². The van der Waals surface area contributed by atoms with Gasteiger partial charge in [0.1, 0.15) is 0 Å². The van der Waals surface area contributed by atoms with Crippen molar-refractivity contribution in [3.63, 3.8) is 0 Å². The van der Waals surface area contributed by atoms with E-state index in [-0.39, 0.29) is 30.8 Å². The predicted octanol–water partition coefficient (Wildman–Crippen LogP) is 4.44. The number of para-hydroxylation sites is 1. The summed E-state index contributed by atoms with van der Waals surface area (Å²) < 4.78 is 4.80. The van der Waals surface area contributed by atoms with Gasteiger partial charge in [-0.2, -0.15) is 5.26 Å². The summed E-state index contributed by atoms with van der Waals surface area (Å²) in [5.41, 5.74) is 3.60. The van der Waals surface area contributed by atoms with Crippen LogP contribution in [0.5, 0.6) is 0 Å². The normalized spacial score (nSPS) is 16.4. The first-order valence-corrected chi connectivity index (χ1v) is 13.0. The molecular weight excluding hydrogens is 492 g/mol. The zero-order valence-electron chi connectivity index (χ0n) is 21.9. The average molecular weight is 525 g/mol. The smallest absolute Gasteiger partial charge is 0.306 e. The molecule has 0 unspecified atom stereocenters. The highest BCUT2D eigenvalue weighted by Crippen LogP contribution is 2.28. The molecule has 3 aromatic rings. The van der Waals surface area contributed by atoms with Gasteiger partial charge in [0, 0.05) is 24.8 Å². The van der Waals surface area contributed by atoms with Crippen molar-refractivity contribution in [1.82, 2.24) is 10.2 Å². The fourth-order valence-corrected chi connectivity index (χ4v) is 4.89. The maximum Gasteiger partial charge on any atom is 0.306 e. The second kappa shape index (κ2) is 13.2. The van der Waals surface area contributed by atoms with Gasteiger partial charge in [-0.3, -0.25) is 14.4 Å². The van der Waals surface area contributed by atoms with Crippen molar-refractivity contribution in [3.05, 3.63) is 95.6 Å². The number of carbonyl (C=O) groups is 3. The minimum absolute atomic E-state index is 0.0340. The van der Waals surface area contributed by atoms with Crippen molar-refractivity contribution in [2.45, 2.75) is 31.7 Å². The third-order valence-electron chi connectivity index (χ3n) is 6.94. The number of nitriles is 1. The van der Waals surface area contributed by atoms with E-state index in [1.807, 2.05) is 30.3 Å². The third-order valence-corrected chi connectivity index (χ3v) is 6.94. The number of hydrogen-bond acceptors (Lipinski definition) is 6. The number of nitrogens with one attached hydrogen (secondary N) is 2. The quantitative estimate of drug-likeness (QED) is 0.359. The number of nitrogens with zero attached hydrogens (tertiary/aromatic N) is 2. The SMILES string of the molecule is COC(=O)C[C@@H]1C[C@@H](CNC(=O)c2ccccc2Nc2ccc(C#N)cc2)N(CCCc2ccccc2)C1=O. The van der Waals surface area contributed by atoms with E-state index in [9.17, 15) is 14.4 Å². The Balaban J connectivity index is 1.42. The van der Waals surface area contributed by atoms with Gasteiger partial charge in [0.2, 0.25) is 5.91 Å². The van der Waals surface area contributed by atoms with Crippen LogP contribution in [0.2, 0.25) is 0 Å². The van der Waals surface area contributed by atoms with Crippen LogP contribution in [-0.2, 0) is 20.7 Å². The highest BCUT2D eigenvalue weighted by molar-refractivity contribution is 6.00. The highest BCUT2D eigenvalue weighted by Gasteiger charge is 2.40. The molecule has 1 heterocycles. The standard InChI is InChI=1S/C31H32N4O4/c1-39-29(36)19-24-18-26(35(31(24)38)17-7-10-22-8-3-2-4-9-22)21-33-30(37)27-11-5-6-12-28(27)34-25-15-13-23(20-32)14-16-25/h2-6,8-9,11-16,24,26,34H,7,10,17-19,21H2,1H3,(H,33,37)/t24-,26-/m0/s1. The Morgan fingerprint density at radius 2 is 1.74 bits per heavy atom. The van der Waals surface area contributed by atoms with Crippen LogP contribution in [-0.4, -0.2) is 48.9 Å². The molecule has 0 saturated carbocycles. The van der Waals surface area contributed by atoms with E-state index in [0.29, 0.717) is 29.8 Å². The topological polar surface area (TPSA) is 112 Å². The molecule has 3 aromatic carbocycles. The fourth-order valence-electron chi connectivity index (χ4n) is 4.89. The second-order valence-electron chi connectivity index (χ2n) is 9.56. The van der Waals surface area contributed by atoms with Crippen molar-refractivity contribution in [2.24, 2.45) is 5.92 Å². The Hall–Kier alpha value is -4.64. The summed E-state index contributed by atoms with van der Waals surface area (Å²) in [5.74, 6) is -1.21. The van der Waals surface area contributed by atoms with E-state index < -0.39 is 11.9 Å². The van der Waals surface area contributed by atoms with Crippen LogP contribution in [0.15, 0.2) is 78.9 Å². The summed E-state index contributed by atoms with van der Waals surface area (Å²) in [4.78, 5) is 40.2. The van der Waals surface area contributed by atoms with Crippen LogP contribution in [0.4, 0.5) is 11.4 Å². The first-order chi connectivity index (χ1) is 19.0. The Kier molecular flexibility index (Phi) is 9.30. The lowest BCUT2D eigenvalue weighted by Gasteiger charge is -2.25. The van der Waals surface area contributed by atoms with Gasteiger partial charge in [-0.05, 0) is 61.2 Å². The van der Waals surface area contributed by atoms with E-state index in [1.165, 1.54) is 12.7 Å².